The number of aryl methyl sites for hydroxylation is 1. The van der Waals surface area contributed by atoms with Crippen LogP contribution in [-0.4, -0.2) is 35.7 Å². The fourth-order valence-electron chi connectivity index (χ4n) is 4.52. The van der Waals surface area contributed by atoms with Gasteiger partial charge in [-0.2, -0.15) is 0 Å². The molecule has 4 rings (SSSR count). The molecular weight excluding hydrogens is 372 g/mol. The first kappa shape index (κ1) is 20.6. The van der Waals surface area contributed by atoms with Crippen LogP contribution in [0.2, 0.25) is 0 Å². The summed E-state index contributed by atoms with van der Waals surface area (Å²) in [6.07, 6.45) is 10.3. The van der Waals surface area contributed by atoms with Gasteiger partial charge in [0.15, 0.2) is 5.82 Å². The molecule has 1 aromatic carbocycles. The molecule has 1 fully saturated rings. The van der Waals surface area contributed by atoms with E-state index in [2.05, 4.69) is 45.5 Å². The Kier molecular flexibility index (Phi) is 6.77. The predicted molar refractivity (Wildman–Crippen MR) is 121 cm³/mol. The first-order valence-electron chi connectivity index (χ1n) is 11.3. The third kappa shape index (κ3) is 5.07. The fourth-order valence-corrected chi connectivity index (χ4v) is 4.52. The molecule has 2 aromatic rings. The first-order valence-corrected chi connectivity index (χ1v) is 11.3. The van der Waals surface area contributed by atoms with E-state index < -0.39 is 0 Å². The highest BCUT2D eigenvalue weighted by Crippen LogP contribution is 2.25. The highest BCUT2D eigenvalue weighted by molar-refractivity contribution is 5.79. The zero-order chi connectivity index (χ0) is 20.8. The van der Waals surface area contributed by atoms with E-state index in [1.807, 2.05) is 24.3 Å². The Morgan fingerprint density at radius 2 is 2.03 bits per heavy atom. The molecule has 30 heavy (non-hydrogen) atoms. The van der Waals surface area contributed by atoms with Gasteiger partial charge in [0.25, 0.3) is 0 Å². The average molecular weight is 405 g/mol. The summed E-state index contributed by atoms with van der Waals surface area (Å²) in [4.78, 5) is 14.9. The van der Waals surface area contributed by atoms with Crippen molar-refractivity contribution in [1.82, 2.24) is 15.5 Å². The van der Waals surface area contributed by atoms with Crippen LogP contribution >= 0.6 is 0 Å². The van der Waals surface area contributed by atoms with Crippen molar-refractivity contribution in [3.8, 4) is 11.3 Å². The first-order chi connectivity index (χ1) is 14.7. The lowest BCUT2D eigenvalue weighted by atomic mass is 9.96. The lowest BCUT2D eigenvalue weighted by molar-refractivity contribution is -0.125. The van der Waals surface area contributed by atoms with Crippen molar-refractivity contribution in [2.75, 3.05) is 24.5 Å². The zero-order valence-electron chi connectivity index (χ0n) is 17.9. The minimum atomic E-state index is 0.0249. The molecule has 1 atom stereocenters. The summed E-state index contributed by atoms with van der Waals surface area (Å²) in [6, 6.07) is 12.3. The SMILES string of the molecule is Cc1ccccc1-c1ccc(N2CCC[C@@H](C(=O)NCCC3=CCCCC3)C2)nn1. The van der Waals surface area contributed by atoms with E-state index in [0.29, 0.717) is 6.54 Å². The molecular formula is C25H32N4O. The van der Waals surface area contributed by atoms with Gasteiger partial charge in [-0.25, -0.2) is 0 Å². The van der Waals surface area contributed by atoms with E-state index in [1.54, 1.807) is 0 Å². The number of piperidine rings is 1. The maximum Gasteiger partial charge on any atom is 0.224 e. The summed E-state index contributed by atoms with van der Waals surface area (Å²) in [6.45, 7) is 4.48. The molecule has 5 heteroatoms. The van der Waals surface area contributed by atoms with Crippen LogP contribution in [0.3, 0.4) is 0 Å². The van der Waals surface area contributed by atoms with Gasteiger partial charge < -0.3 is 10.2 Å². The summed E-state index contributed by atoms with van der Waals surface area (Å²) in [7, 11) is 0. The minimum absolute atomic E-state index is 0.0249. The molecule has 0 radical (unpaired) electrons. The second-order valence-corrected chi connectivity index (χ2v) is 8.53. The molecule has 0 spiro atoms. The van der Waals surface area contributed by atoms with Crippen molar-refractivity contribution in [2.24, 2.45) is 5.92 Å². The van der Waals surface area contributed by atoms with Crippen molar-refractivity contribution in [2.45, 2.75) is 51.9 Å². The predicted octanol–water partition coefficient (Wildman–Crippen LogP) is 4.68. The van der Waals surface area contributed by atoms with Crippen LogP contribution in [0.4, 0.5) is 5.82 Å². The largest absolute Gasteiger partial charge is 0.355 e. The van der Waals surface area contributed by atoms with Gasteiger partial charge in [0, 0.05) is 25.2 Å². The van der Waals surface area contributed by atoms with Crippen LogP contribution < -0.4 is 10.2 Å². The van der Waals surface area contributed by atoms with E-state index in [-0.39, 0.29) is 11.8 Å². The molecule has 5 nitrogen and oxygen atoms in total. The quantitative estimate of drug-likeness (QED) is 0.711. The average Bonchev–Trinajstić information content (AvgIpc) is 2.80. The van der Waals surface area contributed by atoms with Gasteiger partial charge in [0.1, 0.15) is 0 Å². The highest BCUT2D eigenvalue weighted by Gasteiger charge is 2.26. The normalized spacial score (nSPS) is 19.3. The summed E-state index contributed by atoms with van der Waals surface area (Å²) in [5, 5.41) is 12.1. The number of nitrogens with one attached hydrogen (secondary N) is 1. The van der Waals surface area contributed by atoms with Gasteiger partial charge in [-0.15, -0.1) is 10.2 Å². The number of carbonyl (C=O) groups is 1. The Morgan fingerprint density at radius 3 is 2.80 bits per heavy atom. The highest BCUT2D eigenvalue weighted by atomic mass is 16.1. The molecule has 1 amide bonds. The number of hydrogen-bond acceptors (Lipinski definition) is 4. The van der Waals surface area contributed by atoms with Crippen LogP contribution in [0.5, 0.6) is 0 Å². The monoisotopic (exact) mass is 404 g/mol. The topological polar surface area (TPSA) is 58.1 Å². The lowest BCUT2D eigenvalue weighted by Gasteiger charge is -2.32. The third-order valence-corrected chi connectivity index (χ3v) is 6.32. The summed E-state index contributed by atoms with van der Waals surface area (Å²) < 4.78 is 0. The molecule has 158 valence electrons. The van der Waals surface area contributed by atoms with Crippen molar-refractivity contribution in [1.29, 1.82) is 0 Å². The minimum Gasteiger partial charge on any atom is -0.355 e. The summed E-state index contributed by atoms with van der Waals surface area (Å²) >= 11 is 0. The Morgan fingerprint density at radius 1 is 1.13 bits per heavy atom. The standard InChI is InChI=1S/C25H32N4O/c1-19-8-5-6-12-22(19)23-13-14-24(28-27-23)29-17-7-11-21(18-29)25(30)26-16-15-20-9-3-2-4-10-20/h5-6,8-9,12-14,21H,2-4,7,10-11,15-18H2,1H3,(H,26,30)/t21-/m1/s1. The molecule has 1 aliphatic heterocycles. The molecule has 2 heterocycles. The number of rotatable bonds is 6. The fraction of sp³-hybridized carbons (Fsp3) is 0.480. The number of anilines is 1. The van der Waals surface area contributed by atoms with Gasteiger partial charge >= 0.3 is 0 Å². The number of allylic oxidation sites excluding steroid dienone is 1. The molecule has 1 N–H and O–H groups in total. The van der Waals surface area contributed by atoms with Crippen molar-refractivity contribution in [3.05, 3.63) is 53.6 Å². The second kappa shape index (κ2) is 9.88. The smallest absolute Gasteiger partial charge is 0.224 e. The van der Waals surface area contributed by atoms with Crippen LogP contribution in [0.25, 0.3) is 11.3 Å². The number of nitrogens with zero attached hydrogens (tertiary/aromatic N) is 3. The van der Waals surface area contributed by atoms with Gasteiger partial charge in [0.05, 0.1) is 11.6 Å². The van der Waals surface area contributed by atoms with Crippen LogP contribution in [0.15, 0.2) is 48.0 Å². The second-order valence-electron chi connectivity index (χ2n) is 8.53. The number of aromatic nitrogens is 2. The zero-order valence-corrected chi connectivity index (χ0v) is 17.9. The molecule has 2 aliphatic rings. The molecule has 1 aliphatic carbocycles. The molecule has 1 aromatic heterocycles. The Labute approximate surface area is 179 Å². The molecule has 0 unspecified atom stereocenters. The van der Waals surface area contributed by atoms with Crippen molar-refractivity contribution >= 4 is 11.7 Å². The van der Waals surface area contributed by atoms with E-state index in [9.17, 15) is 4.79 Å². The van der Waals surface area contributed by atoms with Crippen molar-refractivity contribution in [3.63, 3.8) is 0 Å². The molecule has 1 saturated heterocycles. The Bertz CT molecular complexity index is 890. The van der Waals surface area contributed by atoms with Gasteiger partial charge in [-0.05, 0) is 69.6 Å². The Balaban J connectivity index is 1.32. The van der Waals surface area contributed by atoms with Crippen molar-refractivity contribution < 1.29 is 4.79 Å². The maximum atomic E-state index is 12.7. The number of benzene rings is 1. The van der Waals surface area contributed by atoms with E-state index in [0.717, 1.165) is 49.4 Å². The Hall–Kier alpha value is -2.69. The van der Waals surface area contributed by atoms with E-state index in [1.165, 1.54) is 36.8 Å². The number of hydrogen-bond donors (Lipinski definition) is 1. The number of carbonyl (C=O) groups excluding carboxylic acids is 1. The molecule has 0 saturated carbocycles. The van der Waals surface area contributed by atoms with Gasteiger partial charge in [-0.1, -0.05) is 35.9 Å². The summed E-state index contributed by atoms with van der Waals surface area (Å²) in [5.74, 6) is 1.06. The molecule has 0 bridgehead atoms. The lowest BCUT2D eigenvalue weighted by Crippen LogP contribution is -2.43. The summed E-state index contributed by atoms with van der Waals surface area (Å²) in [5.41, 5.74) is 4.70. The van der Waals surface area contributed by atoms with Gasteiger partial charge in [0.2, 0.25) is 5.91 Å². The van der Waals surface area contributed by atoms with Crippen LogP contribution in [0, 0.1) is 12.8 Å². The maximum absolute atomic E-state index is 12.7. The van der Waals surface area contributed by atoms with Gasteiger partial charge in [-0.3, -0.25) is 4.79 Å². The van der Waals surface area contributed by atoms with E-state index >= 15 is 0 Å². The van der Waals surface area contributed by atoms with E-state index in [4.69, 9.17) is 0 Å². The van der Waals surface area contributed by atoms with Crippen LogP contribution in [0.1, 0.15) is 50.5 Å². The van der Waals surface area contributed by atoms with Crippen LogP contribution in [-0.2, 0) is 4.79 Å². The number of amides is 1. The third-order valence-electron chi connectivity index (χ3n) is 6.32.